The third-order valence-corrected chi connectivity index (χ3v) is 3.84. The van der Waals surface area contributed by atoms with E-state index >= 15 is 0 Å². The van der Waals surface area contributed by atoms with E-state index in [1.54, 1.807) is 30.3 Å². The Balaban J connectivity index is 1.94. The van der Waals surface area contributed by atoms with Gasteiger partial charge in [0, 0.05) is 11.3 Å². The van der Waals surface area contributed by atoms with Crippen LogP contribution in [-0.4, -0.2) is 18.0 Å². The fourth-order valence-electron chi connectivity index (χ4n) is 1.85. The summed E-state index contributed by atoms with van der Waals surface area (Å²) in [7, 11) is 0. The molecule has 0 aliphatic heterocycles. The zero-order chi connectivity index (χ0) is 17.5. The molecule has 0 atom stereocenters. The minimum atomic E-state index is -0.894. The van der Waals surface area contributed by atoms with Crippen molar-refractivity contribution in [3.63, 3.8) is 0 Å². The van der Waals surface area contributed by atoms with Crippen molar-refractivity contribution in [3.05, 3.63) is 63.6 Å². The number of carbonyl (C=O) groups is 2. The highest BCUT2D eigenvalue weighted by molar-refractivity contribution is 6.40. The molecule has 0 fully saturated rings. The molecular formula is C17H15Cl2N3O2. The number of nitrogens with one attached hydrogen (secondary N) is 2. The second kappa shape index (κ2) is 8.47. The first-order valence-electron chi connectivity index (χ1n) is 7.18. The highest BCUT2D eigenvalue weighted by Crippen LogP contribution is 2.21. The SMILES string of the molecule is CCc1ccc(NC(=O)C(=O)N/N=C\c2c(Cl)cccc2Cl)cc1. The molecule has 7 heteroatoms. The molecule has 0 unspecified atom stereocenters. The molecule has 124 valence electrons. The zero-order valence-corrected chi connectivity index (χ0v) is 14.4. The van der Waals surface area contributed by atoms with E-state index in [1.807, 2.05) is 19.1 Å². The Bertz CT molecular complexity index is 754. The molecule has 2 aromatic rings. The first kappa shape index (κ1) is 18.0. The molecule has 0 aromatic heterocycles. The minimum Gasteiger partial charge on any atom is -0.318 e. The van der Waals surface area contributed by atoms with Crippen molar-refractivity contribution in [2.24, 2.45) is 5.10 Å². The van der Waals surface area contributed by atoms with Gasteiger partial charge >= 0.3 is 11.8 Å². The van der Waals surface area contributed by atoms with E-state index < -0.39 is 11.8 Å². The predicted molar refractivity (Wildman–Crippen MR) is 96.6 cm³/mol. The van der Waals surface area contributed by atoms with Gasteiger partial charge in [-0.1, -0.05) is 48.3 Å². The molecule has 2 amide bonds. The molecule has 24 heavy (non-hydrogen) atoms. The topological polar surface area (TPSA) is 70.6 Å². The maximum Gasteiger partial charge on any atom is 0.329 e. The number of hydrazone groups is 1. The normalized spacial score (nSPS) is 10.6. The Kier molecular flexibility index (Phi) is 6.35. The molecule has 0 bridgehead atoms. The first-order valence-corrected chi connectivity index (χ1v) is 7.94. The molecule has 0 aliphatic carbocycles. The molecule has 2 N–H and O–H groups in total. The third-order valence-electron chi connectivity index (χ3n) is 3.19. The lowest BCUT2D eigenvalue weighted by molar-refractivity contribution is -0.136. The van der Waals surface area contributed by atoms with Gasteiger partial charge in [0.05, 0.1) is 16.3 Å². The molecule has 0 heterocycles. The molecule has 0 saturated carbocycles. The number of carbonyl (C=O) groups excluding carboxylic acids is 2. The molecule has 0 aliphatic rings. The van der Waals surface area contributed by atoms with Crippen LogP contribution in [0.4, 0.5) is 5.69 Å². The molecule has 0 radical (unpaired) electrons. The van der Waals surface area contributed by atoms with Gasteiger partial charge in [-0.2, -0.15) is 5.10 Å². The number of anilines is 1. The molecule has 0 saturated heterocycles. The summed E-state index contributed by atoms with van der Waals surface area (Å²) < 4.78 is 0. The summed E-state index contributed by atoms with van der Waals surface area (Å²) in [6, 6.07) is 12.2. The van der Waals surface area contributed by atoms with Crippen molar-refractivity contribution in [3.8, 4) is 0 Å². The molecule has 0 spiro atoms. The third kappa shape index (κ3) is 4.81. The second-order valence-electron chi connectivity index (χ2n) is 4.84. The van der Waals surface area contributed by atoms with E-state index in [-0.39, 0.29) is 0 Å². The van der Waals surface area contributed by atoms with E-state index in [0.29, 0.717) is 21.3 Å². The Morgan fingerprint density at radius 2 is 1.67 bits per heavy atom. The molecule has 2 aromatic carbocycles. The summed E-state index contributed by atoms with van der Waals surface area (Å²) in [4.78, 5) is 23.5. The number of amides is 2. The maximum atomic E-state index is 11.8. The quantitative estimate of drug-likeness (QED) is 0.494. The van der Waals surface area contributed by atoms with Gasteiger partial charge in [0.1, 0.15) is 0 Å². The maximum absolute atomic E-state index is 11.8. The van der Waals surface area contributed by atoms with Crippen molar-refractivity contribution in [2.45, 2.75) is 13.3 Å². The van der Waals surface area contributed by atoms with Crippen LogP contribution < -0.4 is 10.7 Å². The van der Waals surface area contributed by atoms with E-state index in [4.69, 9.17) is 23.2 Å². The lowest BCUT2D eigenvalue weighted by Crippen LogP contribution is -2.32. The van der Waals surface area contributed by atoms with E-state index in [1.165, 1.54) is 6.21 Å². The van der Waals surface area contributed by atoms with Crippen LogP contribution in [0.3, 0.4) is 0 Å². The Morgan fingerprint density at radius 1 is 1.04 bits per heavy atom. The standard InChI is InChI=1S/C17H15Cl2N3O2/c1-2-11-6-8-12(9-7-11)21-16(23)17(24)22-20-10-13-14(18)4-3-5-15(13)19/h3-10H,2H2,1H3,(H,21,23)(H,22,24)/b20-10-. The van der Waals surface area contributed by atoms with Crippen LogP contribution in [0, 0.1) is 0 Å². The minimum absolute atomic E-state index is 0.390. The smallest absolute Gasteiger partial charge is 0.318 e. The first-order chi connectivity index (χ1) is 11.5. The second-order valence-corrected chi connectivity index (χ2v) is 5.65. The fourth-order valence-corrected chi connectivity index (χ4v) is 2.35. The molecular weight excluding hydrogens is 349 g/mol. The number of halogens is 2. The number of hydrogen-bond acceptors (Lipinski definition) is 3. The van der Waals surface area contributed by atoms with Crippen LogP contribution in [0.2, 0.25) is 10.0 Å². The number of aryl methyl sites for hydroxylation is 1. The average molecular weight is 364 g/mol. The highest BCUT2D eigenvalue weighted by atomic mass is 35.5. The van der Waals surface area contributed by atoms with E-state index in [0.717, 1.165) is 12.0 Å². The zero-order valence-electron chi connectivity index (χ0n) is 12.8. The summed E-state index contributed by atoms with van der Waals surface area (Å²) in [6.07, 6.45) is 2.18. The summed E-state index contributed by atoms with van der Waals surface area (Å²) in [6.45, 7) is 2.03. The highest BCUT2D eigenvalue weighted by Gasteiger charge is 2.13. The van der Waals surface area contributed by atoms with Gasteiger partial charge in [0.15, 0.2) is 0 Å². The van der Waals surface area contributed by atoms with E-state index in [2.05, 4.69) is 15.8 Å². The van der Waals surface area contributed by atoms with Crippen molar-refractivity contribution in [1.29, 1.82) is 0 Å². The number of nitrogens with zero attached hydrogens (tertiary/aromatic N) is 1. The van der Waals surface area contributed by atoms with Gasteiger partial charge in [0.25, 0.3) is 0 Å². The van der Waals surface area contributed by atoms with Crippen LogP contribution in [0.25, 0.3) is 0 Å². The Hall–Kier alpha value is -2.37. The summed E-state index contributed by atoms with van der Waals surface area (Å²) in [5.41, 5.74) is 4.26. The monoisotopic (exact) mass is 363 g/mol. The number of rotatable bonds is 4. The van der Waals surface area contributed by atoms with Gasteiger partial charge in [-0.3, -0.25) is 9.59 Å². The fraction of sp³-hybridized carbons (Fsp3) is 0.118. The Labute approximate surface area is 149 Å². The number of hydrogen-bond donors (Lipinski definition) is 2. The average Bonchev–Trinajstić information content (AvgIpc) is 2.58. The van der Waals surface area contributed by atoms with Crippen LogP contribution in [-0.2, 0) is 16.0 Å². The van der Waals surface area contributed by atoms with Gasteiger partial charge in [-0.25, -0.2) is 5.43 Å². The predicted octanol–water partition coefficient (Wildman–Crippen LogP) is 3.64. The summed E-state index contributed by atoms with van der Waals surface area (Å²) in [5.74, 6) is -1.71. The lowest BCUT2D eigenvalue weighted by Gasteiger charge is -2.05. The summed E-state index contributed by atoms with van der Waals surface area (Å²) >= 11 is 11.9. The van der Waals surface area contributed by atoms with Crippen LogP contribution in [0.5, 0.6) is 0 Å². The Morgan fingerprint density at radius 3 is 2.25 bits per heavy atom. The van der Waals surface area contributed by atoms with E-state index in [9.17, 15) is 9.59 Å². The number of benzene rings is 2. The van der Waals surface area contributed by atoms with Crippen LogP contribution in [0.1, 0.15) is 18.1 Å². The van der Waals surface area contributed by atoms with Crippen molar-refractivity contribution >= 4 is 46.9 Å². The largest absolute Gasteiger partial charge is 0.329 e. The van der Waals surface area contributed by atoms with Gasteiger partial charge in [0.2, 0.25) is 0 Å². The van der Waals surface area contributed by atoms with Gasteiger partial charge < -0.3 is 5.32 Å². The van der Waals surface area contributed by atoms with Gasteiger partial charge in [-0.15, -0.1) is 0 Å². The van der Waals surface area contributed by atoms with Crippen molar-refractivity contribution in [2.75, 3.05) is 5.32 Å². The van der Waals surface area contributed by atoms with Crippen molar-refractivity contribution in [1.82, 2.24) is 5.43 Å². The summed E-state index contributed by atoms with van der Waals surface area (Å²) in [5, 5.41) is 6.97. The molecule has 2 rings (SSSR count). The van der Waals surface area contributed by atoms with Crippen LogP contribution >= 0.6 is 23.2 Å². The molecule has 5 nitrogen and oxygen atoms in total. The van der Waals surface area contributed by atoms with Gasteiger partial charge in [-0.05, 0) is 36.2 Å². The van der Waals surface area contributed by atoms with Crippen molar-refractivity contribution < 1.29 is 9.59 Å². The van der Waals surface area contributed by atoms with Crippen LogP contribution in [0.15, 0.2) is 47.6 Å². The lowest BCUT2D eigenvalue weighted by atomic mass is 10.1.